The summed E-state index contributed by atoms with van der Waals surface area (Å²) >= 11 is -5.67. The standard InChI is InChI=1S/C28H30N2O3.2H2O.2O.W/c1-6-29-23-15-25-21(13-17(23)4)27(19-11-9-10-12-20(19)28(31)32-8-3)22-14-18(5)24(30-7-2)16-26(22)33-25;;;;;/h9-16,29H,6-8H2,1-5H3;2*1H2;;;/q;;;;;+2/p-2. The number of aryl methyl sites for hydroxylation is 2. The van der Waals surface area contributed by atoms with E-state index >= 15 is 0 Å². The van der Waals surface area contributed by atoms with Crippen LogP contribution in [0.15, 0.2) is 57.9 Å². The van der Waals surface area contributed by atoms with Crippen LogP contribution in [-0.2, 0) is 28.3 Å². The first-order valence-electron chi connectivity index (χ1n) is 12.2. The minimum atomic E-state index is -5.67. The van der Waals surface area contributed by atoms with Crippen LogP contribution < -0.4 is 10.7 Å². The van der Waals surface area contributed by atoms with Crippen molar-refractivity contribution in [1.29, 1.82) is 0 Å². The molecule has 9 nitrogen and oxygen atoms in total. The van der Waals surface area contributed by atoms with Crippen LogP contribution in [0.1, 0.15) is 42.3 Å². The Morgan fingerprint density at radius 3 is 2.32 bits per heavy atom. The van der Waals surface area contributed by atoms with E-state index < -0.39 is 16.7 Å². The molecule has 202 valence electrons. The zero-order valence-corrected chi connectivity index (χ0v) is 25.0. The Morgan fingerprint density at radius 2 is 1.68 bits per heavy atom. The molecule has 2 aromatic carbocycles. The van der Waals surface area contributed by atoms with E-state index in [1.807, 2.05) is 50.2 Å². The molecule has 10 heteroatoms. The van der Waals surface area contributed by atoms with Gasteiger partial charge in [-0.1, -0.05) is 18.2 Å². The molecular formula is C28H32N2O7W. The van der Waals surface area contributed by atoms with Gasteiger partial charge in [-0.15, -0.1) is 0 Å². The van der Waals surface area contributed by atoms with Crippen molar-refractivity contribution in [2.45, 2.75) is 34.6 Å². The molecule has 0 bridgehead atoms. The molecule has 4 rings (SSSR count). The molecule has 0 saturated heterocycles. The molecule has 2 aliphatic rings. The Kier molecular flexibility index (Phi) is 9.54. The van der Waals surface area contributed by atoms with Gasteiger partial charge >= 0.3 is 37.0 Å². The molecule has 2 aromatic rings. The third-order valence-corrected chi connectivity index (χ3v) is 5.77. The SMILES string of the molecule is CCN=c1cc2oc3cc(NCC)c(C)cc3c(-c3ccccc3C(=O)OCC)c-2cc1C.[O]=[W](=[O])([OH])[OH]. The van der Waals surface area contributed by atoms with Crippen molar-refractivity contribution in [2.75, 3.05) is 25.0 Å². The Bertz CT molecular complexity index is 1600. The molecule has 0 spiro atoms. The summed E-state index contributed by atoms with van der Waals surface area (Å²) in [6.45, 7) is 11.9. The van der Waals surface area contributed by atoms with Gasteiger partial charge in [-0.2, -0.15) is 0 Å². The van der Waals surface area contributed by atoms with E-state index in [0.29, 0.717) is 18.7 Å². The molecule has 0 aromatic heterocycles. The summed E-state index contributed by atoms with van der Waals surface area (Å²) in [4.78, 5) is 17.5. The normalized spacial score (nSPS) is 11.8. The number of ether oxygens (including phenoxy) is 1. The number of carbonyl (C=O) groups is 1. The van der Waals surface area contributed by atoms with Crippen LogP contribution in [0.5, 0.6) is 0 Å². The molecule has 0 amide bonds. The average Bonchev–Trinajstić information content (AvgIpc) is 2.84. The van der Waals surface area contributed by atoms with Crippen LogP contribution in [0.4, 0.5) is 5.69 Å². The summed E-state index contributed by atoms with van der Waals surface area (Å²) in [7, 11) is 0. The third-order valence-electron chi connectivity index (χ3n) is 5.77. The van der Waals surface area contributed by atoms with Gasteiger partial charge in [0.25, 0.3) is 0 Å². The quantitative estimate of drug-likeness (QED) is 0.190. The number of nitrogens with zero attached hydrogens (tertiary/aromatic N) is 1. The molecule has 0 unspecified atom stereocenters. The summed E-state index contributed by atoms with van der Waals surface area (Å²) < 4.78 is 43.9. The minimum absolute atomic E-state index is 0.324. The predicted octanol–water partition coefficient (Wildman–Crippen LogP) is 5.00. The van der Waals surface area contributed by atoms with E-state index in [4.69, 9.17) is 23.5 Å². The second-order valence-electron chi connectivity index (χ2n) is 8.49. The number of hydrogen-bond donors (Lipinski definition) is 3. The van der Waals surface area contributed by atoms with Crippen LogP contribution in [0, 0.1) is 13.8 Å². The fraction of sp³-hybridized carbons (Fsp3) is 0.286. The molecule has 0 atom stereocenters. The summed E-state index contributed by atoms with van der Waals surface area (Å²) in [6, 6.07) is 15.9. The molecule has 38 heavy (non-hydrogen) atoms. The van der Waals surface area contributed by atoms with E-state index in [-0.39, 0.29) is 5.97 Å². The Hall–Kier alpha value is -3.39. The number of hydrogen-bond acceptors (Lipinski definition) is 7. The Balaban J connectivity index is 0.000000732. The first kappa shape index (κ1) is 29.2. The van der Waals surface area contributed by atoms with E-state index in [1.165, 1.54) is 0 Å². The molecule has 1 heterocycles. The van der Waals surface area contributed by atoms with Crippen molar-refractivity contribution < 1.29 is 45.0 Å². The molecule has 0 fully saturated rings. The van der Waals surface area contributed by atoms with E-state index in [9.17, 15) is 4.79 Å². The molecule has 0 radical (unpaired) electrons. The molecule has 3 N–H and O–H groups in total. The summed E-state index contributed by atoms with van der Waals surface area (Å²) in [6.07, 6.45) is 0. The number of benzene rings is 3. The van der Waals surface area contributed by atoms with Gasteiger partial charge in [-0.3, -0.25) is 4.99 Å². The van der Waals surface area contributed by atoms with Gasteiger partial charge in [0.1, 0.15) is 11.3 Å². The monoisotopic (exact) mass is 692 g/mol. The van der Waals surface area contributed by atoms with Crippen LogP contribution in [0.25, 0.3) is 33.4 Å². The van der Waals surface area contributed by atoms with Gasteiger partial charge in [-0.25, -0.2) is 4.79 Å². The molecular weight excluding hydrogens is 660 g/mol. The Morgan fingerprint density at radius 1 is 1.00 bits per heavy atom. The number of esters is 1. The van der Waals surface area contributed by atoms with Crippen molar-refractivity contribution >= 4 is 22.6 Å². The summed E-state index contributed by atoms with van der Waals surface area (Å²) in [5.41, 5.74) is 7.25. The van der Waals surface area contributed by atoms with Gasteiger partial charge in [0.05, 0.1) is 17.5 Å². The second-order valence-corrected chi connectivity index (χ2v) is 11.7. The van der Waals surface area contributed by atoms with Gasteiger partial charge in [0.15, 0.2) is 0 Å². The fourth-order valence-corrected chi connectivity index (χ4v) is 4.29. The Labute approximate surface area is 224 Å². The second kappa shape index (κ2) is 12.4. The van der Waals surface area contributed by atoms with E-state index in [0.717, 1.165) is 62.1 Å². The maximum atomic E-state index is 12.9. The number of carbonyl (C=O) groups excluding carboxylic acids is 1. The summed E-state index contributed by atoms with van der Waals surface area (Å²) in [5, 5.41) is 5.28. The predicted molar refractivity (Wildman–Crippen MR) is 140 cm³/mol. The van der Waals surface area contributed by atoms with Crippen molar-refractivity contribution in [3.05, 3.63) is 70.6 Å². The molecule has 0 saturated carbocycles. The van der Waals surface area contributed by atoms with Crippen molar-refractivity contribution in [1.82, 2.24) is 0 Å². The van der Waals surface area contributed by atoms with E-state index in [1.54, 1.807) is 0 Å². The zero-order chi connectivity index (χ0) is 28.0. The van der Waals surface area contributed by atoms with Crippen LogP contribution >= 0.6 is 0 Å². The number of nitrogens with one attached hydrogen (secondary N) is 1. The van der Waals surface area contributed by atoms with Crippen molar-refractivity contribution in [3.8, 4) is 22.5 Å². The first-order chi connectivity index (χ1) is 18.0. The first-order valence-corrected chi connectivity index (χ1v) is 17.2. The van der Waals surface area contributed by atoms with E-state index in [2.05, 4.69) is 43.2 Å². The van der Waals surface area contributed by atoms with Gasteiger partial charge in [0.2, 0.25) is 0 Å². The molecule has 1 aliphatic heterocycles. The number of anilines is 1. The topological polar surface area (TPSA) is 138 Å². The average molecular weight is 692 g/mol. The van der Waals surface area contributed by atoms with Crippen LogP contribution in [0.3, 0.4) is 0 Å². The van der Waals surface area contributed by atoms with Crippen LogP contribution in [0.2, 0.25) is 0 Å². The van der Waals surface area contributed by atoms with Gasteiger partial charge in [-0.05, 0) is 69.5 Å². The zero-order valence-electron chi connectivity index (χ0n) is 22.0. The fourth-order valence-electron chi connectivity index (χ4n) is 4.29. The van der Waals surface area contributed by atoms with Crippen molar-refractivity contribution in [2.24, 2.45) is 4.99 Å². The molecule has 1 aliphatic carbocycles. The van der Waals surface area contributed by atoms with Crippen LogP contribution in [-0.4, -0.2) is 33.2 Å². The number of fused-ring (bicyclic) bond motifs is 2. The van der Waals surface area contributed by atoms with Gasteiger partial charge < -0.3 is 14.5 Å². The van der Waals surface area contributed by atoms with Gasteiger partial charge in [0, 0.05) is 47.4 Å². The third kappa shape index (κ3) is 6.92. The maximum absolute atomic E-state index is 12.9. The number of rotatable bonds is 6. The van der Waals surface area contributed by atoms with Crippen molar-refractivity contribution in [3.63, 3.8) is 0 Å². The summed E-state index contributed by atoms with van der Waals surface area (Å²) in [5.74, 6) is 0.408.